The van der Waals surface area contributed by atoms with E-state index in [2.05, 4.69) is 10.6 Å². The predicted molar refractivity (Wildman–Crippen MR) is 122 cm³/mol. The molecule has 0 fully saturated rings. The predicted octanol–water partition coefficient (Wildman–Crippen LogP) is 5.32. The molecular formula is C24H19ClN2O4. The van der Waals surface area contributed by atoms with Crippen LogP contribution in [-0.2, 0) is 6.54 Å². The van der Waals surface area contributed by atoms with Gasteiger partial charge in [-0.2, -0.15) is 0 Å². The van der Waals surface area contributed by atoms with Crippen molar-refractivity contribution in [3.63, 3.8) is 0 Å². The lowest BCUT2D eigenvalue weighted by atomic mass is 10.1. The second kappa shape index (κ2) is 8.93. The molecule has 1 aromatic heterocycles. The zero-order valence-electron chi connectivity index (χ0n) is 16.6. The Labute approximate surface area is 183 Å². The molecular weight excluding hydrogens is 416 g/mol. The zero-order valence-corrected chi connectivity index (χ0v) is 17.4. The summed E-state index contributed by atoms with van der Waals surface area (Å²) in [6, 6.07) is 20.8. The topological polar surface area (TPSA) is 80.6 Å². The maximum absolute atomic E-state index is 12.8. The molecule has 0 spiro atoms. The fraction of sp³-hybridized carbons (Fsp3) is 0.0833. The molecule has 1 heterocycles. The lowest BCUT2D eigenvalue weighted by Crippen LogP contribution is -2.15. The average Bonchev–Trinajstić information content (AvgIpc) is 2.78. The van der Waals surface area contributed by atoms with Gasteiger partial charge in [0.25, 0.3) is 5.91 Å². The molecule has 0 unspecified atom stereocenters. The molecule has 1 amide bonds. The van der Waals surface area contributed by atoms with Crippen LogP contribution >= 0.6 is 11.6 Å². The minimum absolute atomic E-state index is 0.257. The summed E-state index contributed by atoms with van der Waals surface area (Å²) < 4.78 is 10.5. The third-order valence-electron chi connectivity index (χ3n) is 4.78. The highest BCUT2D eigenvalue weighted by atomic mass is 35.5. The van der Waals surface area contributed by atoms with E-state index >= 15 is 0 Å². The Hall–Kier alpha value is -3.77. The van der Waals surface area contributed by atoms with E-state index in [1.54, 1.807) is 55.6 Å². The van der Waals surface area contributed by atoms with Gasteiger partial charge in [-0.1, -0.05) is 23.7 Å². The lowest BCUT2D eigenvalue weighted by Gasteiger charge is -2.13. The van der Waals surface area contributed by atoms with Gasteiger partial charge in [0, 0.05) is 40.5 Å². The monoisotopic (exact) mass is 434 g/mol. The number of hydrogen-bond acceptors (Lipinski definition) is 5. The third kappa shape index (κ3) is 4.70. The summed E-state index contributed by atoms with van der Waals surface area (Å²) in [7, 11) is 1.55. The largest absolute Gasteiger partial charge is 0.497 e. The third-order valence-corrected chi connectivity index (χ3v) is 5.03. The first-order valence-electron chi connectivity index (χ1n) is 9.54. The van der Waals surface area contributed by atoms with Crippen LogP contribution in [0.25, 0.3) is 11.0 Å². The molecule has 0 atom stereocenters. The first kappa shape index (κ1) is 20.5. The number of benzene rings is 3. The summed E-state index contributed by atoms with van der Waals surface area (Å²) in [6.07, 6.45) is 0. The number of halogens is 1. The first-order chi connectivity index (χ1) is 15.0. The van der Waals surface area contributed by atoms with E-state index in [4.69, 9.17) is 20.8 Å². The van der Waals surface area contributed by atoms with E-state index in [1.807, 2.05) is 18.2 Å². The van der Waals surface area contributed by atoms with Crippen molar-refractivity contribution in [3.05, 3.63) is 99.4 Å². The Morgan fingerprint density at radius 3 is 2.58 bits per heavy atom. The van der Waals surface area contributed by atoms with Crippen LogP contribution in [-0.4, -0.2) is 13.0 Å². The molecule has 3 aromatic carbocycles. The van der Waals surface area contributed by atoms with Crippen LogP contribution in [0.3, 0.4) is 0 Å². The summed E-state index contributed by atoms with van der Waals surface area (Å²) in [4.78, 5) is 24.8. The number of rotatable bonds is 6. The van der Waals surface area contributed by atoms with Gasteiger partial charge in [0.15, 0.2) is 0 Å². The van der Waals surface area contributed by atoms with Crippen LogP contribution in [0.5, 0.6) is 5.75 Å². The molecule has 0 aliphatic carbocycles. The van der Waals surface area contributed by atoms with Crippen molar-refractivity contribution in [3.8, 4) is 5.75 Å². The van der Waals surface area contributed by atoms with Crippen molar-refractivity contribution in [1.29, 1.82) is 0 Å². The molecule has 156 valence electrons. The normalized spacial score (nSPS) is 10.6. The van der Waals surface area contributed by atoms with Crippen LogP contribution in [0.15, 0.2) is 82.0 Å². The van der Waals surface area contributed by atoms with Gasteiger partial charge in [0.2, 0.25) is 0 Å². The zero-order chi connectivity index (χ0) is 21.8. The first-order valence-corrected chi connectivity index (χ1v) is 9.92. The SMILES string of the molecule is COc1ccc2c(CNc3ccccc3C(=O)Nc3ccc(Cl)cc3)cc(=O)oc2c1. The molecule has 2 N–H and O–H groups in total. The summed E-state index contributed by atoms with van der Waals surface area (Å²) in [5, 5.41) is 7.50. The Morgan fingerprint density at radius 2 is 1.81 bits per heavy atom. The number of amides is 1. The van der Waals surface area contributed by atoms with E-state index in [0.29, 0.717) is 39.8 Å². The molecule has 31 heavy (non-hydrogen) atoms. The van der Waals surface area contributed by atoms with Crippen LogP contribution < -0.4 is 21.0 Å². The minimum atomic E-state index is -0.452. The summed E-state index contributed by atoms with van der Waals surface area (Å²) in [6.45, 7) is 0.333. The number of methoxy groups -OCH3 is 1. The number of hydrogen-bond donors (Lipinski definition) is 2. The van der Waals surface area contributed by atoms with Gasteiger partial charge >= 0.3 is 5.63 Å². The second-order valence-corrected chi connectivity index (χ2v) is 7.25. The van der Waals surface area contributed by atoms with Crippen molar-refractivity contribution in [2.45, 2.75) is 6.54 Å². The van der Waals surface area contributed by atoms with Crippen LogP contribution in [0.1, 0.15) is 15.9 Å². The lowest BCUT2D eigenvalue weighted by molar-refractivity contribution is 0.102. The van der Waals surface area contributed by atoms with Crippen LogP contribution in [0.2, 0.25) is 5.02 Å². The molecule has 7 heteroatoms. The standard InChI is InChI=1S/C24H19ClN2O4/c1-30-18-10-11-19-15(12-23(28)31-22(19)13-18)14-26-21-5-3-2-4-20(21)24(29)27-17-8-6-16(25)7-9-17/h2-13,26H,14H2,1H3,(H,27,29). The fourth-order valence-corrected chi connectivity index (χ4v) is 3.37. The Kier molecular flexibility index (Phi) is 5.91. The fourth-order valence-electron chi connectivity index (χ4n) is 3.24. The van der Waals surface area contributed by atoms with Crippen molar-refractivity contribution in [1.82, 2.24) is 0 Å². The van der Waals surface area contributed by atoms with E-state index in [1.165, 1.54) is 6.07 Å². The van der Waals surface area contributed by atoms with Gasteiger partial charge in [-0.15, -0.1) is 0 Å². The van der Waals surface area contributed by atoms with Gasteiger partial charge in [0.05, 0.1) is 12.7 Å². The van der Waals surface area contributed by atoms with Gasteiger partial charge in [-0.05, 0) is 54.1 Å². The quantitative estimate of drug-likeness (QED) is 0.401. The number of carbonyl (C=O) groups excluding carboxylic acids is 1. The smallest absolute Gasteiger partial charge is 0.336 e. The van der Waals surface area contributed by atoms with Gasteiger partial charge in [0.1, 0.15) is 11.3 Å². The number of nitrogens with one attached hydrogen (secondary N) is 2. The highest BCUT2D eigenvalue weighted by Gasteiger charge is 2.13. The molecule has 4 aromatic rings. The molecule has 0 radical (unpaired) electrons. The average molecular weight is 435 g/mol. The molecule has 6 nitrogen and oxygen atoms in total. The second-order valence-electron chi connectivity index (χ2n) is 6.81. The van der Waals surface area contributed by atoms with E-state index in [9.17, 15) is 9.59 Å². The minimum Gasteiger partial charge on any atom is -0.497 e. The number of para-hydroxylation sites is 1. The maximum atomic E-state index is 12.8. The van der Waals surface area contributed by atoms with E-state index in [-0.39, 0.29) is 5.91 Å². The molecule has 0 bridgehead atoms. The Morgan fingerprint density at radius 1 is 1.03 bits per heavy atom. The van der Waals surface area contributed by atoms with E-state index in [0.717, 1.165) is 10.9 Å². The van der Waals surface area contributed by atoms with Gasteiger partial charge in [-0.25, -0.2) is 4.79 Å². The maximum Gasteiger partial charge on any atom is 0.336 e. The molecule has 0 saturated heterocycles. The highest BCUT2D eigenvalue weighted by molar-refractivity contribution is 6.30. The van der Waals surface area contributed by atoms with Crippen molar-refractivity contribution in [2.75, 3.05) is 17.7 Å². The van der Waals surface area contributed by atoms with Crippen molar-refractivity contribution in [2.24, 2.45) is 0 Å². The van der Waals surface area contributed by atoms with Crippen LogP contribution in [0, 0.1) is 0 Å². The Balaban J connectivity index is 1.58. The Bertz CT molecular complexity index is 1300. The summed E-state index contributed by atoms with van der Waals surface area (Å²) in [5.74, 6) is 0.345. The van der Waals surface area contributed by atoms with Gasteiger partial charge < -0.3 is 19.8 Å². The number of carbonyl (C=O) groups is 1. The molecule has 4 rings (SSSR count). The molecule has 0 aliphatic rings. The summed E-state index contributed by atoms with van der Waals surface area (Å²) in [5.41, 5.74) is 2.51. The van der Waals surface area contributed by atoms with Crippen molar-refractivity contribution < 1.29 is 13.9 Å². The number of fused-ring (bicyclic) bond motifs is 1. The highest BCUT2D eigenvalue weighted by Crippen LogP contribution is 2.24. The number of ether oxygens (including phenoxy) is 1. The van der Waals surface area contributed by atoms with Gasteiger partial charge in [-0.3, -0.25) is 4.79 Å². The number of anilines is 2. The van der Waals surface area contributed by atoms with E-state index < -0.39 is 5.63 Å². The van der Waals surface area contributed by atoms with Crippen molar-refractivity contribution >= 4 is 39.9 Å². The van der Waals surface area contributed by atoms with Crippen LogP contribution in [0.4, 0.5) is 11.4 Å². The molecule has 0 saturated carbocycles. The molecule has 0 aliphatic heterocycles. The summed E-state index contributed by atoms with van der Waals surface area (Å²) >= 11 is 5.90.